The predicted molar refractivity (Wildman–Crippen MR) is 96.2 cm³/mol. The summed E-state index contributed by atoms with van der Waals surface area (Å²) in [6.45, 7) is 0.347. The van der Waals surface area contributed by atoms with Crippen LogP contribution in [0.3, 0.4) is 0 Å². The summed E-state index contributed by atoms with van der Waals surface area (Å²) in [6.07, 6.45) is -3.41. The number of alkyl halides is 3. The Morgan fingerprint density at radius 1 is 1.27 bits per heavy atom. The third-order valence-corrected chi connectivity index (χ3v) is 5.56. The number of aryl methyl sites for hydroxylation is 1. The van der Waals surface area contributed by atoms with Crippen LogP contribution in [0.25, 0.3) is 0 Å². The molecule has 1 N–H and O–H groups in total. The number of carbonyl (C=O) groups excluding carboxylic acids is 1. The molecular weight excluding hydrogens is 408 g/mol. The molecule has 162 valence electrons. The van der Waals surface area contributed by atoms with Crippen molar-refractivity contribution in [3.8, 4) is 0 Å². The SMILES string of the molecule is O=C(C1CCCc2nn(Cc3ccc(F)c(C(F)(F)F)c3)c(=O)n21)N1CC[C@H](O)C1. The van der Waals surface area contributed by atoms with E-state index in [1.165, 1.54) is 15.5 Å². The molecule has 0 spiro atoms. The summed E-state index contributed by atoms with van der Waals surface area (Å²) < 4.78 is 54.7. The van der Waals surface area contributed by atoms with Gasteiger partial charge in [0.1, 0.15) is 17.7 Å². The number of aliphatic hydroxyl groups excluding tert-OH is 1. The van der Waals surface area contributed by atoms with Crippen LogP contribution in [0.4, 0.5) is 17.6 Å². The molecule has 2 aliphatic heterocycles. The van der Waals surface area contributed by atoms with E-state index in [0.717, 1.165) is 4.68 Å². The van der Waals surface area contributed by atoms with Crippen LogP contribution in [-0.2, 0) is 23.9 Å². The summed E-state index contributed by atoms with van der Waals surface area (Å²) >= 11 is 0. The molecule has 4 rings (SSSR count). The van der Waals surface area contributed by atoms with Crippen LogP contribution < -0.4 is 5.69 Å². The lowest BCUT2D eigenvalue weighted by Crippen LogP contribution is -2.42. The number of aromatic nitrogens is 3. The van der Waals surface area contributed by atoms with E-state index in [9.17, 15) is 32.3 Å². The van der Waals surface area contributed by atoms with Gasteiger partial charge in [-0.25, -0.2) is 13.9 Å². The predicted octanol–water partition coefficient (Wildman–Crippen LogP) is 1.72. The minimum atomic E-state index is -4.85. The highest BCUT2D eigenvalue weighted by molar-refractivity contribution is 5.81. The molecule has 7 nitrogen and oxygen atoms in total. The summed E-state index contributed by atoms with van der Waals surface area (Å²) in [5, 5.41) is 13.9. The third kappa shape index (κ3) is 3.73. The van der Waals surface area contributed by atoms with Gasteiger partial charge in [0.05, 0.1) is 18.2 Å². The van der Waals surface area contributed by atoms with Crippen LogP contribution in [0.5, 0.6) is 0 Å². The summed E-state index contributed by atoms with van der Waals surface area (Å²) in [5.74, 6) is -1.26. The van der Waals surface area contributed by atoms with Crippen LogP contribution in [0.2, 0.25) is 0 Å². The van der Waals surface area contributed by atoms with Crippen molar-refractivity contribution in [2.24, 2.45) is 0 Å². The Kier molecular flexibility index (Phi) is 5.16. The van der Waals surface area contributed by atoms with Crippen LogP contribution >= 0.6 is 0 Å². The van der Waals surface area contributed by atoms with Gasteiger partial charge in [0.15, 0.2) is 0 Å². The smallest absolute Gasteiger partial charge is 0.391 e. The Balaban J connectivity index is 1.63. The van der Waals surface area contributed by atoms with Gasteiger partial charge in [0.25, 0.3) is 0 Å². The molecule has 2 aliphatic rings. The normalized spacial score (nSPS) is 21.7. The van der Waals surface area contributed by atoms with E-state index in [0.29, 0.717) is 50.2 Å². The molecule has 1 amide bonds. The van der Waals surface area contributed by atoms with Crippen molar-refractivity contribution in [3.63, 3.8) is 0 Å². The van der Waals surface area contributed by atoms with Gasteiger partial charge >= 0.3 is 11.9 Å². The van der Waals surface area contributed by atoms with Crippen molar-refractivity contribution in [1.29, 1.82) is 0 Å². The fourth-order valence-corrected chi connectivity index (χ4v) is 4.08. The molecule has 11 heteroatoms. The van der Waals surface area contributed by atoms with E-state index in [2.05, 4.69) is 5.10 Å². The van der Waals surface area contributed by atoms with Crippen LogP contribution in [0.15, 0.2) is 23.0 Å². The Morgan fingerprint density at radius 2 is 2.03 bits per heavy atom. The molecule has 30 heavy (non-hydrogen) atoms. The first-order chi connectivity index (χ1) is 14.1. The topological polar surface area (TPSA) is 80.4 Å². The Labute approximate surface area is 168 Å². The minimum Gasteiger partial charge on any atom is -0.391 e. The summed E-state index contributed by atoms with van der Waals surface area (Å²) in [6, 6.07) is 1.79. The largest absolute Gasteiger partial charge is 0.419 e. The maximum absolute atomic E-state index is 13.5. The summed E-state index contributed by atoms with van der Waals surface area (Å²) in [4.78, 5) is 27.3. The number of fused-ring (bicyclic) bond motifs is 1. The lowest BCUT2D eigenvalue weighted by atomic mass is 10.0. The second-order valence-corrected chi connectivity index (χ2v) is 7.67. The van der Waals surface area contributed by atoms with E-state index < -0.39 is 35.4 Å². The average molecular weight is 428 g/mol. The average Bonchev–Trinajstić information content (AvgIpc) is 3.25. The van der Waals surface area contributed by atoms with Crippen LogP contribution in [0.1, 0.15) is 42.3 Å². The molecule has 3 heterocycles. The molecule has 1 unspecified atom stereocenters. The van der Waals surface area contributed by atoms with Crippen molar-refractivity contribution < 1.29 is 27.5 Å². The maximum atomic E-state index is 13.5. The fourth-order valence-electron chi connectivity index (χ4n) is 4.08. The highest BCUT2D eigenvalue weighted by Crippen LogP contribution is 2.32. The number of aliphatic hydroxyl groups is 1. The number of likely N-dealkylation sites (tertiary alicyclic amines) is 1. The molecule has 0 radical (unpaired) electrons. The molecule has 1 saturated heterocycles. The highest BCUT2D eigenvalue weighted by atomic mass is 19.4. The first kappa shape index (κ1) is 20.6. The van der Waals surface area contributed by atoms with E-state index in [1.807, 2.05) is 0 Å². The molecule has 0 saturated carbocycles. The van der Waals surface area contributed by atoms with Crippen molar-refractivity contribution in [2.75, 3.05) is 13.1 Å². The second-order valence-electron chi connectivity index (χ2n) is 7.67. The Morgan fingerprint density at radius 3 is 2.70 bits per heavy atom. The lowest BCUT2D eigenvalue weighted by molar-refractivity contribution is -0.140. The number of β-amino-alcohol motifs (C(OH)–C–C–N with tert-alkyl or cyclic N) is 1. The fraction of sp³-hybridized carbons (Fsp3) is 0.526. The first-order valence-electron chi connectivity index (χ1n) is 9.66. The standard InChI is InChI=1S/C19H20F4N4O3/c20-14-5-4-11(8-13(14)19(21,22)23)9-26-18(30)27-15(2-1-3-16(27)24-26)17(29)25-7-6-12(28)10-25/h4-5,8,12,15,28H,1-3,6-7,9-10H2/t12-,15?/m0/s1. The molecule has 1 aromatic heterocycles. The van der Waals surface area contributed by atoms with E-state index in [-0.39, 0.29) is 24.6 Å². The number of nitrogens with zero attached hydrogens (tertiary/aromatic N) is 4. The number of benzene rings is 1. The third-order valence-electron chi connectivity index (χ3n) is 5.56. The van der Waals surface area contributed by atoms with Crippen molar-refractivity contribution in [3.05, 3.63) is 51.5 Å². The Hall–Kier alpha value is -2.69. The molecule has 2 aromatic rings. The molecule has 1 aromatic carbocycles. The van der Waals surface area contributed by atoms with Gasteiger partial charge in [-0.2, -0.15) is 18.3 Å². The maximum Gasteiger partial charge on any atom is 0.419 e. The molecule has 1 fully saturated rings. The van der Waals surface area contributed by atoms with Crippen LogP contribution in [0, 0.1) is 5.82 Å². The lowest BCUT2D eigenvalue weighted by Gasteiger charge is -2.27. The van der Waals surface area contributed by atoms with Gasteiger partial charge in [0, 0.05) is 19.5 Å². The summed E-state index contributed by atoms with van der Waals surface area (Å²) in [5.41, 5.74) is -1.93. The van der Waals surface area contributed by atoms with E-state index in [4.69, 9.17) is 0 Å². The zero-order valence-corrected chi connectivity index (χ0v) is 15.9. The number of amides is 1. The molecule has 2 atom stereocenters. The monoisotopic (exact) mass is 428 g/mol. The summed E-state index contributed by atoms with van der Waals surface area (Å²) in [7, 11) is 0. The number of rotatable bonds is 3. The van der Waals surface area contributed by atoms with E-state index in [1.54, 1.807) is 0 Å². The van der Waals surface area contributed by atoms with Crippen LogP contribution in [-0.4, -0.2) is 49.5 Å². The number of halogens is 4. The second kappa shape index (κ2) is 7.53. The van der Waals surface area contributed by atoms with Gasteiger partial charge in [-0.15, -0.1) is 0 Å². The molecule has 0 bridgehead atoms. The molecular formula is C19H20F4N4O3. The molecule has 0 aliphatic carbocycles. The first-order valence-corrected chi connectivity index (χ1v) is 9.66. The van der Waals surface area contributed by atoms with Gasteiger partial charge in [-0.1, -0.05) is 6.07 Å². The zero-order valence-electron chi connectivity index (χ0n) is 15.9. The van der Waals surface area contributed by atoms with Crippen molar-refractivity contribution in [2.45, 2.75) is 50.6 Å². The minimum absolute atomic E-state index is 0.0758. The van der Waals surface area contributed by atoms with Gasteiger partial charge in [0.2, 0.25) is 5.91 Å². The number of hydrogen-bond donors (Lipinski definition) is 1. The van der Waals surface area contributed by atoms with Gasteiger partial charge < -0.3 is 10.0 Å². The Bertz CT molecular complexity index is 1030. The quantitative estimate of drug-likeness (QED) is 0.756. The van der Waals surface area contributed by atoms with Crippen molar-refractivity contribution in [1.82, 2.24) is 19.2 Å². The number of hydrogen-bond acceptors (Lipinski definition) is 4. The van der Waals surface area contributed by atoms with E-state index >= 15 is 0 Å². The van der Waals surface area contributed by atoms with Gasteiger partial charge in [-0.05, 0) is 37.0 Å². The highest BCUT2D eigenvalue weighted by Gasteiger charge is 2.36. The van der Waals surface area contributed by atoms with Crippen molar-refractivity contribution >= 4 is 5.91 Å². The number of carbonyl (C=O) groups is 1. The zero-order chi connectivity index (χ0) is 21.6. The van der Waals surface area contributed by atoms with Gasteiger partial charge in [-0.3, -0.25) is 9.36 Å².